The first kappa shape index (κ1) is 19.2. The number of methoxy groups -OCH3 is 1. The van der Waals surface area contributed by atoms with Gasteiger partial charge in [0.2, 0.25) is 0 Å². The minimum absolute atomic E-state index is 0. The molecule has 23 heavy (non-hydrogen) atoms. The molecule has 0 aromatic heterocycles. The molecule has 2 aromatic rings. The van der Waals surface area contributed by atoms with Gasteiger partial charge in [0.05, 0.1) is 7.11 Å². The maximum absolute atomic E-state index is 13.6. The fraction of sp³-hybridized carbons (Fsp3) is 0.235. The third-order valence-corrected chi connectivity index (χ3v) is 3.22. The molecule has 0 atom stereocenters. The van der Waals surface area contributed by atoms with Crippen LogP contribution >= 0.6 is 24.0 Å². The van der Waals surface area contributed by atoms with Crippen molar-refractivity contribution in [1.82, 2.24) is 10.6 Å². The van der Waals surface area contributed by atoms with E-state index in [0.29, 0.717) is 24.6 Å². The molecule has 0 radical (unpaired) electrons. The van der Waals surface area contributed by atoms with Crippen molar-refractivity contribution in [3.05, 3.63) is 65.5 Å². The summed E-state index contributed by atoms with van der Waals surface area (Å²) in [6.07, 6.45) is 0. The molecular weight excluding hydrogens is 408 g/mol. The Morgan fingerprint density at radius 1 is 1.09 bits per heavy atom. The van der Waals surface area contributed by atoms with E-state index in [1.165, 1.54) is 6.07 Å². The van der Waals surface area contributed by atoms with Gasteiger partial charge < -0.3 is 15.4 Å². The van der Waals surface area contributed by atoms with Crippen molar-refractivity contribution in [2.75, 3.05) is 14.2 Å². The van der Waals surface area contributed by atoms with Crippen molar-refractivity contribution < 1.29 is 9.13 Å². The van der Waals surface area contributed by atoms with E-state index in [-0.39, 0.29) is 29.8 Å². The fourth-order valence-corrected chi connectivity index (χ4v) is 2.01. The van der Waals surface area contributed by atoms with Crippen LogP contribution in [0.5, 0.6) is 5.75 Å². The molecule has 0 amide bonds. The molecule has 0 aliphatic carbocycles. The first-order valence-electron chi connectivity index (χ1n) is 7.04. The van der Waals surface area contributed by atoms with Gasteiger partial charge in [-0.25, -0.2) is 4.39 Å². The van der Waals surface area contributed by atoms with Crippen LogP contribution in [0.2, 0.25) is 0 Å². The van der Waals surface area contributed by atoms with E-state index in [0.717, 1.165) is 11.3 Å². The predicted molar refractivity (Wildman–Crippen MR) is 102 cm³/mol. The highest BCUT2D eigenvalue weighted by Crippen LogP contribution is 2.12. The van der Waals surface area contributed by atoms with Crippen molar-refractivity contribution in [2.24, 2.45) is 4.99 Å². The molecule has 124 valence electrons. The average molecular weight is 429 g/mol. The molecule has 0 fully saturated rings. The number of nitrogens with zero attached hydrogens (tertiary/aromatic N) is 1. The Balaban J connectivity index is 0.00000264. The van der Waals surface area contributed by atoms with Crippen molar-refractivity contribution >= 4 is 29.9 Å². The second kappa shape index (κ2) is 10.0. The van der Waals surface area contributed by atoms with E-state index >= 15 is 0 Å². The number of halogens is 2. The van der Waals surface area contributed by atoms with Crippen molar-refractivity contribution in [1.29, 1.82) is 0 Å². The van der Waals surface area contributed by atoms with Crippen LogP contribution in [0.25, 0.3) is 0 Å². The second-order valence-corrected chi connectivity index (χ2v) is 4.72. The molecule has 0 heterocycles. The Morgan fingerprint density at radius 3 is 2.52 bits per heavy atom. The van der Waals surface area contributed by atoms with Gasteiger partial charge in [0, 0.05) is 25.7 Å². The van der Waals surface area contributed by atoms with Gasteiger partial charge in [0.1, 0.15) is 11.6 Å². The highest BCUT2D eigenvalue weighted by Gasteiger charge is 2.03. The smallest absolute Gasteiger partial charge is 0.191 e. The number of ether oxygens (including phenoxy) is 1. The van der Waals surface area contributed by atoms with Gasteiger partial charge in [-0.2, -0.15) is 0 Å². The first-order chi connectivity index (χ1) is 10.7. The Morgan fingerprint density at radius 2 is 1.83 bits per heavy atom. The maximum Gasteiger partial charge on any atom is 0.191 e. The van der Waals surface area contributed by atoms with E-state index in [1.54, 1.807) is 26.3 Å². The van der Waals surface area contributed by atoms with Crippen molar-refractivity contribution in [3.63, 3.8) is 0 Å². The molecule has 0 aliphatic rings. The summed E-state index contributed by atoms with van der Waals surface area (Å²) in [6.45, 7) is 0.985. The summed E-state index contributed by atoms with van der Waals surface area (Å²) in [6, 6.07) is 14.5. The zero-order valence-corrected chi connectivity index (χ0v) is 15.5. The van der Waals surface area contributed by atoms with Gasteiger partial charge in [-0.1, -0.05) is 30.3 Å². The van der Waals surface area contributed by atoms with Crippen LogP contribution in [0.3, 0.4) is 0 Å². The van der Waals surface area contributed by atoms with Crippen LogP contribution in [0.4, 0.5) is 4.39 Å². The summed E-state index contributed by atoms with van der Waals surface area (Å²) >= 11 is 0. The molecule has 0 saturated carbocycles. The zero-order valence-electron chi connectivity index (χ0n) is 13.2. The van der Waals surface area contributed by atoms with Gasteiger partial charge in [0.25, 0.3) is 0 Å². The standard InChI is InChI=1S/C17H20FN3O.HI/c1-19-17(21-12-14-7-3-4-9-16(14)18)20-11-13-6-5-8-15(10-13)22-2;/h3-10H,11-12H2,1-2H3,(H2,19,20,21);1H. The fourth-order valence-electron chi connectivity index (χ4n) is 2.01. The van der Waals surface area contributed by atoms with Crippen molar-refractivity contribution in [2.45, 2.75) is 13.1 Å². The Hall–Kier alpha value is -1.83. The van der Waals surface area contributed by atoms with E-state index in [2.05, 4.69) is 15.6 Å². The Kier molecular flexibility index (Phi) is 8.39. The molecule has 0 unspecified atom stereocenters. The summed E-state index contributed by atoms with van der Waals surface area (Å²) in [7, 11) is 3.32. The molecule has 0 bridgehead atoms. The van der Waals surface area contributed by atoms with Crippen LogP contribution < -0.4 is 15.4 Å². The number of guanidine groups is 1. The van der Waals surface area contributed by atoms with Gasteiger partial charge in [-0.3, -0.25) is 4.99 Å². The molecule has 0 spiro atoms. The lowest BCUT2D eigenvalue weighted by molar-refractivity contribution is 0.414. The van der Waals surface area contributed by atoms with Crippen LogP contribution in [0.1, 0.15) is 11.1 Å². The topological polar surface area (TPSA) is 45.7 Å². The van der Waals surface area contributed by atoms with Gasteiger partial charge in [0.15, 0.2) is 5.96 Å². The average Bonchev–Trinajstić information content (AvgIpc) is 2.56. The highest BCUT2D eigenvalue weighted by atomic mass is 127. The SMILES string of the molecule is CN=C(NCc1cccc(OC)c1)NCc1ccccc1F.I. The Bertz CT molecular complexity index is 649. The largest absolute Gasteiger partial charge is 0.497 e. The lowest BCUT2D eigenvalue weighted by Crippen LogP contribution is -2.36. The van der Waals surface area contributed by atoms with Crippen LogP contribution in [-0.2, 0) is 13.1 Å². The molecule has 2 rings (SSSR count). The summed E-state index contributed by atoms with van der Waals surface area (Å²) in [4.78, 5) is 4.13. The van der Waals surface area contributed by atoms with Crippen molar-refractivity contribution in [3.8, 4) is 5.75 Å². The predicted octanol–water partition coefficient (Wildman–Crippen LogP) is 3.32. The minimum atomic E-state index is -0.224. The normalized spacial score (nSPS) is 10.7. The van der Waals surface area contributed by atoms with Gasteiger partial charge in [-0.05, 0) is 23.8 Å². The van der Waals surface area contributed by atoms with Gasteiger partial charge >= 0.3 is 0 Å². The molecule has 6 heteroatoms. The third-order valence-electron chi connectivity index (χ3n) is 3.22. The lowest BCUT2D eigenvalue weighted by atomic mass is 10.2. The quantitative estimate of drug-likeness (QED) is 0.436. The third kappa shape index (κ3) is 6.05. The van der Waals surface area contributed by atoms with Crippen LogP contribution in [0, 0.1) is 5.82 Å². The first-order valence-corrected chi connectivity index (χ1v) is 7.04. The molecule has 2 N–H and O–H groups in total. The summed E-state index contributed by atoms with van der Waals surface area (Å²) < 4.78 is 18.8. The number of nitrogens with one attached hydrogen (secondary N) is 2. The second-order valence-electron chi connectivity index (χ2n) is 4.72. The van der Waals surface area contributed by atoms with Crippen LogP contribution in [-0.4, -0.2) is 20.1 Å². The van der Waals surface area contributed by atoms with E-state index in [9.17, 15) is 4.39 Å². The molecule has 0 saturated heterocycles. The number of rotatable bonds is 5. The maximum atomic E-state index is 13.6. The minimum Gasteiger partial charge on any atom is -0.497 e. The Labute approximate surface area is 153 Å². The molecular formula is C17H21FIN3O. The number of benzene rings is 2. The summed E-state index contributed by atoms with van der Waals surface area (Å²) in [5.74, 6) is 1.21. The summed E-state index contributed by atoms with van der Waals surface area (Å²) in [5.41, 5.74) is 1.68. The van der Waals surface area contributed by atoms with Crippen LogP contribution in [0.15, 0.2) is 53.5 Å². The van der Waals surface area contributed by atoms with E-state index in [4.69, 9.17) is 4.74 Å². The lowest BCUT2D eigenvalue weighted by Gasteiger charge is -2.12. The number of hydrogen-bond acceptors (Lipinski definition) is 2. The number of hydrogen-bond donors (Lipinski definition) is 2. The molecule has 4 nitrogen and oxygen atoms in total. The van der Waals surface area contributed by atoms with E-state index < -0.39 is 0 Å². The highest BCUT2D eigenvalue weighted by molar-refractivity contribution is 14.0. The zero-order chi connectivity index (χ0) is 15.8. The molecule has 2 aromatic carbocycles. The molecule has 0 aliphatic heterocycles. The number of aliphatic imine (C=N–C) groups is 1. The monoisotopic (exact) mass is 429 g/mol. The van der Waals surface area contributed by atoms with E-state index in [1.807, 2.05) is 30.3 Å². The summed E-state index contributed by atoms with van der Waals surface area (Å²) in [5, 5.41) is 6.28. The van der Waals surface area contributed by atoms with Gasteiger partial charge in [-0.15, -0.1) is 24.0 Å².